The molecule has 15 heavy (non-hydrogen) atoms. The van der Waals surface area contributed by atoms with Crippen molar-refractivity contribution in [2.24, 2.45) is 0 Å². The average Bonchev–Trinajstić information content (AvgIpc) is 2.00. The van der Waals surface area contributed by atoms with Gasteiger partial charge in [0.25, 0.3) is 0 Å². The summed E-state index contributed by atoms with van der Waals surface area (Å²) in [6.45, 7) is 3.42. The van der Waals surface area contributed by atoms with Crippen LogP contribution in [-0.2, 0) is 23.9 Å². The number of rotatable bonds is 6. The molecule has 1 N–H and O–H groups in total. The van der Waals surface area contributed by atoms with E-state index in [4.69, 9.17) is 5.11 Å². The van der Waals surface area contributed by atoms with Gasteiger partial charge in [-0.25, -0.2) is 0 Å². The third kappa shape index (κ3) is 7.48. The molecule has 0 saturated carbocycles. The minimum atomic E-state index is -1.26. The summed E-state index contributed by atoms with van der Waals surface area (Å²) in [6.07, 6.45) is -1.44. The van der Waals surface area contributed by atoms with Gasteiger partial charge in [0.2, 0.25) is 0 Å². The van der Waals surface area contributed by atoms with Crippen molar-refractivity contribution < 1.29 is 29.0 Å². The molecule has 0 spiro atoms. The van der Waals surface area contributed by atoms with Gasteiger partial charge in [-0.2, -0.15) is 0 Å². The number of hydrogen-bond acceptors (Lipinski definition) is 5. The molecule has 0 amide bonds. The van der Waals surface area contributed by atoms with Gasteiger partial charge in [0.15, 0.2) is 0 Å². The van der Waals surface area contributed by atoms with Crippen LogP contribution < -0.4 is 0 Å². The van der Waals surface area contributed by atoms with Crippen LogP contribution in [0.15, 0.2) is 0 Å². The molecule has 0 bridgehead atoms. The van der Waals surface area contributed by atoms with Crippen molar-refractivity contribution in [2.75, 3.05) is 6.61 Å². The van der Waals surface area contributed by atoms with Crippen LogP contribution in [0.25, 0.3) is 0 Å². The number of esters is 2. The normalized spacial score (nSPS) is 11.6. The molecule has 0 aliphatic carbocycles. The van der Waals surface area contributed by atoms with Crippen molar-refractivity contribution >= 4 is 17.9 Å². The molecule has 1 unspecified atom stereocenters. The van der Waals surface area contributed by atoms with Gasteiger partial charge in [-0.05, 0) is 13.8 Å². The molecule has 0 aliphatic rings. The highest BCUT2D eigenvalue weighted by atomic mass is 16.6. The Labute approximate surface area is 87.2 Å². The Bertz CT molecular complexity index is 247. The lowest BCUT2D eigenvalue weighted by atomic mass is 10.3. The number of carboxylic acid groups (broad SMARTS) is 1. The molecule has 0 aromatic rings. The fourth-order valence-electron chi connectivity index (χ4n) is 0.886. The first-order chi connectivity index (χ1) is 6.95. The van der Waals surface area contributed by atoms with Crippen molar-refractivity contribution in [3.63, 3.8) is 0 Å². The monoisotopic (exact) mass is 218 g/mol. The lowest BCUT2D eigenvalue weighted by Gasteiger charge is -2.11. The van der Waals surface area contributed by atoms with Gasteiger partial charge in [-0.3, -0.25) is 14.4 Å². The Kier molecular flexibility index (Phi) is 6.08. The first-order valence-corrected chi connectivity index (χ1v) is 4.52. The summed E-state index contributed by atoms with van der Waals surface area (Å²) in [7, 11) is 0. The predicted molar refractivity (Wildman–Crippen MR) is 49.1 cm³/mol. The molecule has 0 aromatic heterocycles. The van der Waals surface area contributed by atoms with Crippen molar-refractivity contribution in [1.82, 2.24) is 0 Å². The van der Waals surface area contributed by atoms with Gasteiger partial charge in [-0.1, -0.05) is 0 Å². The number of carboxylic acids is 1. The van der Waals surface area contributed by atoms with Crippen molar-refractivity contribution in [2.45, 2.75) is 32.8 Å². The highest BCUT2D eigenvalue weighted by Crippen LogP contribution is 2.01. The lowest BCUT2D eigenvalue weighted by Crippen LogP contribution is -2.21. The van der Waals surface area contributed by atoms with Crippen LogP contribution >= 0.6 is 0 Å². The van der Waals surface area contributed by atoms with Crippen molar-refractivity contribution in [3.05, 3.63) is 0 Å². The maximum atomic E-state index is 10.9. The van der Waals surface area contributed by atoms with E-state index < -0.39 is 30.4 Å². The maximum Gasteiger partial charge on any atom is 0.317 e. The standard InChI is InChI=1S/C9H14O6/c1-3-14-8(12)4-6(2)15-9(13)5-7(10)11/h6H,3-5H2,1-2H3,(H,10,11). The van der Waals surface area contributed by atoms with Crippen molar-refractivity contribution in [1.29, 1.82) is 0 Å². The van der Waals surface area contributed by atoms with E-state index in [0.717, 1.165) is 0 Å². The van der Waals surface area contributed by atoms with Gasteiger partial charge >= 0.3 is 17.9 Å². The van der Waals surface area contributed by atoms with Gasteiger partial charge in [0.1, 0.15) is 12.5 Å². The van der Waals surface area contributed by atoms with Gasteiger partial charge in [-0.15, -0.1) is 0 Å². The Morgan fingerprint density at radius 2 is 1.87 bits per heavy atom. The molecular formula is C9H14O6. The molecule has 1 atom stereocenters. The second-order valence-corrected chi connectivity index (χ2v) is 2.88. The number of ether oxygens (including phenoxy) is 2. The molecule has 0 rings (SSSR count). The van der Waals surface area contributed by atoms with Crippen molar-refractivity contribution in [3.8, 4) is 0 Å². The number of aliphatic carboxylic acids is 1. The fraction of sp³-hybridized carbons (Fsp3) is 0.667. The smallest absolute Gasteiger partial charge is 0.317 e. The Balaban J connectivity index is 3.82. The SMILES string of the molecule is CCOC(=O)CC(C)OC(=O)CC(=O)O. The summed E-state index contributed by atoms with van der Waals surface area (Å²) >= 11 is 0. The van der Waals surface area contributed by atoms with Gasteiger partial charge in [0.05, 0.1) is 13.0 Å². The first kappa shape index (κ1) is 13.4. The summed E-state index contributed by atoms with van der Waals surface area (Å²) in [4.78, 5) is 31.9. The second-order valence-electron chi connectivity index (χ2n) is 2.88. The van der Waals surface area contributed by atoms with Crippen LogP contribution in [0, 0.1) is 0 Å². The molecular weight excluding hydrogens is 204 g/mol. The molecule has 0 heterocycles. The summed E-state index contributed by atoms with van der Waals surface area (Å²) in [5, 5.41) is 8.27. The predicted octanol–water partition coefficient (Wildman–Crippen LogP) is 0.346. The van der Waals surface area contributed by atoms with Gasteiger partial charge in [0, 0.05) is 0 Å². The Hall–Kier alpha value is -1.59. The van der Waals surface area contributed by atoms with E-state index in [-0.39, 0.29) is 13.0 Å². The molecule has 86 valence electrons. The second kappa shape index (κ2) is 6.80. The van der Waals surface area contributed by atoms with Crippen LogP contribution in [0.1, 0.15) is 26.7 Å². The molecule has 0 radical (unpaired) electrons. The zero-order chi connectivity index (χ0) is 11.8. The Morgan fingerprint density at radius 3 is 2.33 bits per heavy atom. The zero-order valence-electron chi connectivity index (χ0n) is 8.69. The zero-order valence-corrected chi connectivity index (χ0v) is 8.69. The maximum absolute atomic E-state index is 10.9. The van der Waals surface area contributed by atoms with E-state index in [2.05, 4.69) is 9.47 Å². The molecule has 6 heteroatoms. The number of hydrogen-bond donors (Lipinski definition) is 1. The minimum Gasteiger partial charge on any atom is -0.481 e. The summed E-state index contributed by atoms with van der Waals surface area (Å²) in [6, 6.07) is 0. The minimum absolute atomic E-state index is 0.0702. The summed E-state index contributed by atoms with van der Waals surface area (Å²) < 4.78 is 9.29. The summed E-state index contributed by atoms with van der Waals surface area (Å²) in [5.41, 5.74) is 0. The van der Waals surface area contributed by atoms with E-state index in [9.17, 15) is 14.4 Å². The van der Waals surface area contributed by atoms with Crippen LogP contribution in [-0.4, -0.2) is 35.7 Å². The van der Waals surface area contributed by atoms with Crippen LogP contribution in [0.3, 0.4) is 0 Å². The van der Waals surface area contributed by atoms with Crippen LogP contribution in [0.2, 0.25) is 0 Å². The molecule has 0 aliphatic heterocycles. The topological polar surface area (TPSA) is 89.9 Å². The lowest BCUT2D eigenvalue weighted by molar-refractivity contribution is -0.157. The highest BCUT2D eigenvalue weighted by Gasteiger charge is 2.16. The average molecular weight is 218 g/mol. The van der Waals surface area contributed by atoms with E-state index in [1.807, 2.05) is 0 Å². The molecule has 6 nitrogen and oxygen atoms in total. The number of carbonyl (C=O) groups is 3. The highest BCUT2D eigenvalue weighted by molar-refractivity contribution is 5.90. The van der Waals surface area contributed by atoms with E-state index in [1.54, 1.807) is 6.92 Å². The number of carbonyl (C=O) groups excluding carboxylic acids is 2. The van der Waals surface area contributed by atoms with E-state index in [1.165, 1.54) is 6.92 Å². The fourth-order valence-corrected chi connectivity index (χ4v) is 0.886. The third-order valence-corrected chi connectivity index (χ3v) is 1.39. The molecule has 0 aromatic carbocycles. The van der Waals surface area contributed by atoms with Crippen LogP contribution in [0.4, 0.5) is 0 Å². The van der Waals surface area contributed by atoms with Crippen LogP contribution in [0.5, 0.6) is 0 Å². The van der Waals surface area contributed by atoms with Gasteiger partial charge < -0.3 is 14.6 Å². The Morgan fingerprint density at radius 1 is 1.27 bits per heavy atom. The van der Waals surface area contributed by atoms with E-state index in [0.29, 0.717) is 0 Å². The first-order valence-electron chi connectivity index (χ1n) is 4.52. The largest absolute Gasteiger partial charge is 0.481 e. The molecule has 0 fully saturated rings. The third-order valence-electron chi connectivity index (χ3n) is 1.39. The van der Waals surface area contributed by atoms with E-state index >= 15 is 0 Å². The molecule has 0 saturated heterocycles. The summed E-state index contributed by atoms with van der Waals surface area (Å²) in [5.74, 6) is -2.60. The quantitative estimate of drug-likeness (QED) is 0.511.